The van der Waals surface area contributed by atoms with Crippen LogP contribution in [0.2, 0.25) is 0 Å². The monoisotopic (exact) mass is 430 g/mol. The fraction of sp³-hybridized carbons (Fsp3) is 0.800. The minimum Gasteiger partial charge on any atom is -0.300 e. The molecular formula is C20H30O8S. The molecule has 0 saturated heterocycles. The van der Waals surface area contributed by atoms with Gasteiger partial charge in [0.15, 0.2) is 5.78 Å². The molecule has 0 heterocycles. The molecule has 0 radical (unpaired) electrons. The summed E-state index contributed by atoms with van der Waals surface area (Å²) in [6.07, 6.45) is 5.41. The highest BCUT2D eigenvalue weighted by Crippen LogP contribution is 2.39. The third-order valence-electron chi connectivity index (χ3n) is 5.99. The van der Waals surface area contributed by atoms with E-state index in [0.717, 1.165) is 20.0 Å². The van der Waals surface area contributed by atoms with Crippen LogP contribution in [-0.2, 0) is 37.9 Å². The van der Waals surface area contributed by atoms with Crippen molar-refractivity contribution in [2.45, 2.75) is 70.6 Å². The Kier molecular flexibility index (Phi) is 9.10. The summed E-state index contributed by atoms with van der Waals surface area (Å²) in [5.74, 6) is -0.324. The first-order valence-corrected chi connectivity index (χ1v) is 11.6. The van der Waals surface area contributed by atoms with Crippen LogP contribution in [0.15, 0.2) is 0 Å². The van der Waals surface area contributed by atoms with Gasteiger partial charge in [-0.05, 0) is 44.4 Å². The summed E-state index contributed by atoms with van der Waals surface area (Å²) < 4.78 is 30.6. The van der Waals surface area contributed by atoms with Crippen LogP contribution in [0.4, 0.5) is 0 Å². The fourth-order valence-electron chi connectivity index (χ4n) is 4.30. The van der Waals surface area contributed by atoms with E-state index in [1.54, 1.807) is 0 Å². The Balaban J connectivity index is 1.86. The van der Waals surface area contributed by atoms with Crippen molar-refractivity contribution in [1.82, 2.24) is 0 Å². The van der Waals surface area contributed by atoms with Crippen LogP contribution in [0.5, 0.6) is 0 Å². The predicted molar refractivity (Wildman–Crippen MR) is 103 cm³/mol. The van der Waals surface area contributed by atoms with Crippen LogP contribution in [-0.4, -0.2) is 45.3 Å². The van der Waals surface area contributed by atoms with Crippen LogP contribution >= 0.6 is 0 Å². The molecule has 0 bridgehead atoms. The molecule has 2 saturated carbocycles. The maximum atomic E-state index is 12.6. The second-order valence-corrected chi connectivity index (χ2v) is 9.35. The molecule has 3 atom stereocenters. The summed E-state index contributed by atoms with van der Waals surface area (Å²) in [5, 5.41) is 0. The lowest BCUT2D eigenvalue weighted by Gasteiger charge is -2.35. The smallest absolute Gasteiger partial charge is 0.300 e. The predicted octanol–water partition coefficient (Wildman–Crippen LogP) is 2.34. The van der Waals surface area contributed by atoms with Gasteiger partial charge in [-0.15, -0.1) is 0 Å². The number of hydrogen-bond donors (Lipinski definition) is 0. The molecule has 9 heteroatoms. The molecule has 2 aliphatic rings. The molecule has 164 valence electrons. The largest absolute Gasteiger partial charge is 0.400 e. The van der Waals surface area contributed by atoms with Crippen molar-refractivity contribution in [2.75, 3.05) is 13.7 Å². The number of ketones is 4. The van der Waals surface area contributed by atoms with E-state index in [2.05, 4.69) is 8.37 Å². The highest BCUT2D eigenvalue weighted by molar-refractivity contribution is 7.81. The molecule has 29 heavy (non-hydrogen) atoms. The SMILES string of the molecule is COS(=O)(=O)OCC(=O)CCC(=O)C1CCC2C(=O)CCCCC(=O)CCC2C1. The van der Waals surface area contributed by atoms with Gasteiger partial charge in [-0.2, -0.15) is 8.42 Å². The first-order chi connectivity index (χ1) is 13.7. The highest BCUT2D eigenvalue weighted by atomic mass is 32.3. The molecule has 0 spiro atoms. The summed E-state index contributed by atoms with van der Waals surface area (Å²) in [4.78, 5) is 48.8. The lowest BCUT2D eigenvalue weighted by Crippen LogP contribution is -2.34. The van der Waals surface area contributed by atoms with E-state index in [9.17, 15) is 27.6 Å². The van der Waals surface area contributed by atoms with Gasteiger partial charge in [0, 0.05) is 43.9 Å². The number of carbonyl (C=O) groups is 4. The standard InChI is InChI=1S/C20H30O8S/c1-27-29(25,26)28-13-17(22)9-11-19(23)15-7-10-18-14(12-15)6-8-16(21)4-2-3-5-20(18)24/h14-15,18H,2-13H2,1H3. The zero-order chi connectivity index (χ0) is 21.4. The van der Waals surface area contributed by atoms with Crippen LogP contribution < -0.4 is 0 Å². The number of carbonyl (C=O) groups excluding carboxylic acids is 4. The third kappa shape index (κ3) is 7.71. The lowest BCUT2D eigenvalue weighted by molar-refractivity contribution is -0.132. The molecule has 0 aromatic rings. The van der Waals surface area contributed by atoms with Gasteiger partial charge >= 0.3 is 10.4 Å². The Morgan fingerprint density at radius 3 is 2.45 bits per heavy atom. The minimum atomic E-state index is -4.17. The first-order valence-electron chi connectivity index (χ1n) is 10.3. The zero-order valence-corrected chi connectivity index (χ0v) is 17.7. The molecule has 2 aliphatic carbocycles. The van der Waals surface area contributed by atoms with E-state index in [1.165, 1.54) is 0 Å². The van der Waals surface area contributed by atoms with Gasteiger partial charge in [0.25, 0.3) is 0 Å². The van der Waals surface area contributed by atoms with Crippen molar-refractivity contribution in [3.63, 3.8) is 0 Å². The number of hydrogen-bond acceptors (Lipinski definition) is 8. The lowest BCUT2D eigenvalue weighted by atomic mass is 9.68. The quantitative estimate of drug-likeness (QED) is 0.575. The van der Waals surface area contributed by atoms with Gasteiger partial charge in [-0.3, -0.25) is 23.4 Å². The summed E-state index contributed by atoms with van der Waals surface area (Å²) in [7, 11) is -3.25. The molecule has 0 aliphatic heterocycles. The molecule has 8 nitrogen and oxygen atoms in total. The van der Waals surface area contributed by atoms with Gasteiger partial charge in [0.1, 0.15) is 24.0 Å². The van der Waals surface area contributed by atoms with Gasteiger partial charge < -0.3 is 0 Å². The maximum absolute atomic E-state index is 12.6. The van der Waals surface area contributed by atoms with Crippen molar-refractivity contribution < 1.29 is 36.0 Å². The van der Waals surface area contributed by atoms with Gasteiger partial charge in [-0.1, -0.05) is 0 Å². The van der Waals surface area contributed by atoms with E-state index in [4.69, 9.17) is 0 Å². The van der Waals surface area contributed by atoms with Crippen LogP contribution in [0.3, 0.4) is 0 Å². The van der Waals surface area contributed by atoms with Crippen molar-refractivity contribution in [3.05, 3.63) is 0 Å². The van der Waals surface area contributed by atoms with Crippen molar-refractivity contribution in [3.8, 4) is 0 Å². The maximum Gasteiger partial charge on any atom is 0.400 e. The molecule has 2 fully saturated rings. The van der Waals surface area contributed by atoms with Crippen LogP contribution in [0.25, 0.3) is 0 Å². The number of rotatable bonds is 8. The Bertz CT molecular complexity index is 727. The van der Waals surface area contributed by atoms with Crippen molar-refractivity contribution >= 4 is 33.5 Å². The molecule has 0 N–H and O–H groups in total. The van der Waals surface area contributed by atoms with Crippen LogP contribution in [0, 0.1) is 17.8 Å². The van der Waals surface area contributed by atoms with E-state index < -0.39 is 22.8 Å². The normalized spacial score (nSPS) is 26.6. The molecule has 0 amide bonds. The molecule has 0 aromatic heterocycles. The number of Topliss-reactive ketones (excluding diaryl/α,β-unsaturated/α-hetero) is 4. The Hall–Kier alpha value is -1.45. The topological polar surface area (TPSA) is 121 Å². The van der Waals surface area contributed by atoms with Crippen molar-refractivity contribution in [2.24, 2.45) is 17.8 Å². The average Bonchev–Trinajstić information content (AvgIpc) is 2.71. The first kappa shape index (κ1) is 23.8. The van der Waals surface area contributed by atoms with E-state index in [-0.39, 0.29) is 47.9 Å². The summed E-state index contributed by atoms with van der Waals surface area (Å²) in [5.41, 5.74) is 0. The van der Waals surface area contributed by atoms with Crippen molar-refractivity contribution in [1.29, 1.82) is 0 Å². The van der Waals surface area contributed by atoms with E-state index >= 15 is 0 Å². The molecular weight excluding hydrogens is 400 g/mol. The molecule has 3 unspecified atom stereocenters. The molecule has 0 aromatic carbocycles. The van der Waals surface area contributed by atoms with E-state index in [1.807, 2.05) is 0 Å². The van der Waals surface area contributed by atoms with E-state index in [0.29, 0.717) is 44.9 Å². The second kappa shape index (κ2) is 11.1. The summed E-state index contributed by atoms with van der Waals surface area (Å²) in [6, 6.07) is 0. The second-order valence-electron chi connectivity index (χ2n) is 7.97. The molecule has 2 rings (SSSR count). The third-order valence-corrected chi connectivity index (χ3v) is 6.81. The summed E-state index contributed by atoms with van der Waals surface area (Å²) in [6.45, 7) is -0.657. The average molecular weight is 431 g/mol. The highest BCUT2D eigenvalue weighted by Gasteiger charge is 2.37. The Morgan fingerprint density at radius 1 is 1.00 bits per heavy atom. The minimum absolute atomic E-state index is 0.0180. The van der Waals surface area contributed by atoms with Crippen LogP contribution in [0.1, 0.15) is 70.6 Å². The Labute approximate surface area is 172 Å². The fourth-order valence-corrected chi connectivity index (χ4v) is 4.67. The van der Waals surface area contributed by atoms with Gasteiger partial charge in [0.05, 0.1) is 7.11 Å². The zero-order valence-electron chi connectivity index (χ0n) is 16.9. The number of fused-ring (bicyclic) bond motifs is 1. The van der Waals surface area contributed by atoms with Gasteiger partial charge in [0.2, 0.25) is 0 Å². The summed E-state index contributed by atoms with van der Waals surface area (Å²) >= 11 is 0. The Morgan fingerprint density at radius 2 is 1.72 bits per heavy atom. The van der Waals surface area contributed by atoms with Gasteiger partial charge in [-0.25, -0.2) is 4.18 Å².